The van der Waals surface area contributed by atoms with Crippen LogP contribution >= 0.6 is 11.3 Å². The van der Waals surface area contributed by atoms with Crippen molar-refractivity contribution in [2.75, 3.05) is 24.2 Å². The Morgan fingerprint density at radius 1 is 0.875 bits per heavy atom. The van der Waals surface area contributed by atoms with Gasteiger partial charge in [-0.2, -0.15) is 0 Å². The molecule has 4 aromatic rings. The van der Waals surface area contributed by atoms with Crippen LogP contribution in [0.2, 0.25) is 0 Å². The molecule has 0 unspecified atom stereocenters. The summed E-state index contributed by atoms with van der Waals surface area (Å²) in [5.41, 5.74) is 3.11. The standard InChI is InChI=1S/C23H17N3O5S/c27-22(25-15-3-6-18-20(9-15)31-12-29-18)14-2-4-16-21(8-14)32-23(26-16)24-10-13-1-5-17-19(7-13)30-11-28-17/h1-9H,10-12H2,(H,24,26)(H,25,27). The number of nitrogens with one attached hydrogen (secondary N) is 2. The van der Waals surface area contributed by atoms with Gasteiger partial charge in [0.05, 0.1) is 10.2 Å². The van der Waals surface area contributed by atoms with Crippen molar-refractivity contribution in [2.24, 2.45) is 0 Å². The molecule has 3 heterocycles. The third-order valence-corrected chi connectivity index (χ3v) is 6.14. The average Bonchev–Trinajstić information content (AvgIpc) is 3.55. The van der Waals surface area contributed by atoms with Gasteiger partial charge in [-0.15, -0.1) is 0 Å². The zero-order valence-corrected chi connectivity index (χ0v) is 17.5. The molecule has 2 aliphatic heterocycles. The Balaban J connectivity index is 1.15. The molecule has 0 radical (unpaired) electrons. The van der Waals surface area contributed by atoms with Gasteiger partial charge in [0, 0.05) is 23.9 Å². The monoisotopic (exact) mass is 447 g/mol. The topological polar surface area (TPSA) is 90.9 Å². The van der Waals surface area contributed by atoms with Crippen LogP contribution in [-0.4, -0.2) is 24.5 Å². The van der Waals surface area contributed by atoms with Crippen molar-refractivity contribution in [3.63, 3.8) is 0 Å². The van der Waals surface area contributed by atoms with Gasteiger partial charge >= 0.3 is 0 Å². The number of ether oxygens (including phenoxy) is 4. The molecule has 2 N–H and O–H groups in total. The van der Waals surface area contributed by atoms with Crippen LogP contribution in [0.15, 0.2) is 54.6 Å². The molecule has 0 bridgehead atoms. The van der Waals surface area contributed by atoms with E-state index < -0.39 is 0 Å². The molecule has 6 rings (SSSR count). The number of benzene rings is 3. The molecule has 0 fully saturated rings. The summed E-state index contributed by atoms with van der Waals surface area (Å²) in [6.07, 6.45) is 0. The number of aromatic nitrogens is 1. The fourth-order valence-electron chi connectivity index (χ4n) is 3.55. The Kier molecular flexibility index (Phi) is 4.46. The molecule has 8 nitrogen and oxygen atoms in total. The minimum absolute atomic E-state index is 0.194. The van der Waals surface area contributed by atoms with Crippen molar-refractivity contribution in [1.82, 2.24) is 4.98 Å². The predicted molar refractivity (Wildman–Crippen MR) is 120 cm³/mol. The van der Waals surface area contributed by atoms with Crippen LogP contribution in [0.3, 0.4) is 0 Å². The third kappa shape index (κ3) is 3.52. The van der Waals surface area contributed by atoms with Crippen LogP contribution in [0.1, 0.15) is 15.9 Å². The molecule has 0 spiro atoms. The second kappa shape index (κ2) is 7.61. The van der Waals surface area contributed by atoms with E-state index in [1.54, 1.807) is 24.3 Å². The fourth-order valence-corrected chi connectivity index (χ4v) is 4.45. The van der Waals surface area contributed by atoms with E-state index >= 15 is 0 Å². The third-order valence-electron chi connectivity index (χ3n) is 5.16. The van der Waals surface area contributed by atoms with Crippen LogP contribution in [0, 0.1) is 0 Å². The van der Waals surface area contributed by atoms with Crippen LogP contribution < -0.4 is 29.6 Å². The molecule has 9 heteroatoms. The molecule has 160 valence electrons. The number of anilines is 2. The number of amides is 1. The van der Waals surface area contributed by atoms with E-state index in [4.69, 9.17) is 18.9 Å². The summed E-state index contributed by atoms with van der Waals surface area (Å²) in [5, 5.41) is 7.02. The number of carbonyl (C=O) groups is 1. The summed E-state index contributed by atoms with van der Waals surface area (Å²) in [4.78, 5) is 17.3. The minimum Gasteiger partial charge on any atom is -0.454 e. The Bertz CT molecular complexity index is 1350. The second-order valence-corrected chi connectivity index (χ2v) is 8.30. The number of thiazole rings is 1. The second-order valence-electron chi connectivity index (χ2n) is 7.26. The van der Waals surface area contributed by atoms with Gasteiger partial charge in [-0.25, -0.2) is 4.98 Å². The van der Waals surface area contributed by atoms with Gasteiger partial charge in [-0.3, -0.25) is 4.79 Å². The van der Waals surface area contributed by atoms with Gasteiger partial charge in [0.1, 0.15) is 0 Å². The SMILES string of the molecule is O=C(Nc1ccc2c(c1)OCO2)c1ccc2nc(NCc3ccc4c(c3)OCO4)sc2c1. The van der Waals surface area contributed by atoms with Crippen molar-refractivity contribution >= 4 is 38.3 Å². The highest BCUT2D eigenvalue weighted by Crippen LogP contribution is 2.35. The Morgan fingerprint density at radius 2 is 1.62 bits per heavy atom. The first-order chi connectivity index (χ1) is 15.7. The maximum Gasteiger partial charge on any atom is 0.255 e. The van der Waals surface area contributed by atoms with Crippen molar-refractivity contribution in [2.45, 2.75) is 6.54 Å². The largest absolute Gasteiger partial charge is 0.454 e. The summed E-state index contributed by atoms with van der Waals surface area (Å²) in [7, 11) is 0. The summed E-state index contributed by atoms with van der Waals surface area (Å²) < 4.78 is 22.4. The smallest absolute Gasteiger partial charge is 0.255 e. The minimum atomic E-state index is -0.200. The van der Waals surface area contributed by atoms with E-state index in [0.29, 0.717) is 29.3 Å². The van der Waals surface area contributed by atoms with Crippen LogP contribution in [0.4, 0.5) is 10.8 Å². The molecule has 3 aromatic carbocycles. The fraction of sp³-hybridized carbons (Fsp3) is 0.130. The maximum absolute atomic E-state index is 12.7. The Labute approximate surface area is 186 Å². The molecule has 2 aliphatic rings. The number of nitrogens with zero attached hydrogens (tertiary/aromatic N) is 1. The van der Waals surface area contributed by atoms with Gasteiger partial charge in [-0.1, -0.05) is 17.4 Å². The van der Waals surface area contributed by atoms with Crippen molar-refractivity contribution in [1.29, 1.82) is 0 Å². The van der Waals surface area contributed by atoms with E-state index in [1.807, 2.05) is 30.3 Å². The molecule has 1 amide bonds. The lowest BCUT2D eigenvalue weighted by molar-refractivity contribution is 0.102. The first-order valence-electron chi connectivity index (χ1n) is 9.95. The number of carbonyl (C=O) groups excluding carboxylic acids is 1. The zero-order valence-electron chi connectivity index (χ0n) is 16.7. The quantitative estimate of drug-likeness (QED) is 0.461. The average molecular weight is 447 g/mol. The lowest BCUT2D eigenvalue weighted by Gasteiger charge is -2.06. The van der Waals surface area contributed by atoms with Gasteiger partial charge in [-0.05, 0) is 48.0 Å². The molecule has 0 saturated carbocycles. The van der Waals surface area contributed by atoms with Crippen LogP contribution in [0.5, 0.6) is 23.0 Å². The van der Waals surface area contributed by atoms with Crippen molar-refractivity contribution in [3.05, 3.63) is 65.7 Å². The summed E-state index contributed by atoms with van der Waals surface area (Å²) >= 11 is 1.50. The van der Waals surface area contributed by atoms with Gasteiger partial charge in [0.25, 0.3) is 5.91 Å². The van der Waals surface area contributed by atoms with Gasteiger partial charge in [0.2, 0.25) is 13.6 Å². The number of rotatable bonds is 5. The molecule has 0 saturated heterocycles. The highest BCUT2D eigenvalue weighted by atomic mass is 32.1. The highest BCUT2D eigenvalue weighted by molar-refractivity contribution is 7.22. The van der Waals surface area contributed by atoms with E-state index in [9.17, 15) is 4.79 Å². The van der Waals surface area contributed by atoms with Crippen molar-refractivity contribution in [3.8, 4) is 23.0 Å². The summed E-state index contributed by atoms with van der Waals surface area (Å²) in [6, 6.07) is 16.6. The molecular formula is C23H17N3O5S. The summed E-state index contributed by atoms with van der Waals surface area (Å²) in [5.74, 6) is 2.62. The van der Waals surface area contributed by atoms with Crippen LogP contribution in [0.25, 0.3) is 10.2 Å². The molecule has 0 aliphatic carbocycles. The van der Waals surface area contributed by atoms with E-state index in [-0.39, 0.29) is 19.5 Å². The number of hydrogen-bond donors (Lipinski definition) is 2. The lowest BCUT2D eigenvalue weighted by Crippen LogP contribution is -2.11. The maximum atomic E-state index is 12.7. The number of fused-ring (bicyclic) bond motifs is 3. The lowest BCUT2D eigenvalue weighted by atomic mass is 10.2. The molecule has 32 heavy (non-hydrogen) atoms. The van der Waals surface area contributed by atoms with E-state index in [2.05, 4.69) is 15.6 Å². The number of hydrogen-bond acceptors (Lipinski definition) is 8. The predicted octanol–water partition coefficient (Wildman–Crippen LogP) is 4.62. The van der Waals surface area contributed by atoms with Crippen molar-refractivity contribution < 1.29 is 23.7 Å². The molecular weight excluding hydrogens is 430 g/mol. The molecule has 0 atom stereocenters. The van der Waals surface area contributed by atoms with E-state index in [1.165, 1.54) is 11.3 Å². The first kappa shape index (κ1) is 18.8. The normalized spacial score (nSPS) is 13.4. The van der Waals surface area contributed by atoms with Gasteiger partial charge < -0.3 is 29.6 Å². The van der Waals surface area contributed by atoms with E-state index in [0.717, 1.165) is 32.4 Å². The summed E-state index contributed by atoms with van der Waals surface area (Å²) in [6.45, 7) is 1.06. The first-order valence-corrected chi connectivity index (χ1v) is 10.8. The molecule has 1 aromatic heterocycles. The zero-order chi connectivity index (χ0) is 21.5. The van der Waals surface area contributed by atoms with Crippen LogP contribution in [-0.2, 0) is 6.54 Å². The Hall–Kier alpha value is -3.98. The van der Waals surface area contributed by atoms with Gasteiger partial charge in [0.15, 0.2) is 28.1 Å². The Morgan fingerprint density at radius 3 is 2.47 bits per heavy atom. The highest BCUT2D eigenvalue weighted by Gasteiger charge is 2.16.